The normalized spacial score (nSPS) is 10.6. The molecule has 0 heterocycles. The molecule has 0 aliphatic rings. The summed E-state index contributed by atoms with van der Waals surface area (Å²) >= 11 is 3.20. The van der Waals surface area contributed by atoms with Gasteiger partial charge in [-0.1, -0.05) is 41.8 Å². The topological polar surface area (TPSA) is 0 Å². The fourth-order valence-corrected chi connectivity index (χ4v) is 0.649. The van der Waals surface area contributed by atoms with Crippen molar-refractivity contribution < 1.29 is 0 Å². The van der Waals surface area contributed by atoms with Gasteiger partial charge in [0.15, 0.2) is 0 Å². The average Bonchev–Trinajstić information content (AvgIpc) is 1.69. The van der Waals surface area contributed by atoms with Crippen LogP contribution < -0.4 is 0 Å². The van der Waals surface area contributed by atoms with Crippen LogP contribution in [0.25, 0.3) is 0 Å². The van der Waals surface area contributed by atoms with Gasteiger partial charge in [-0.15, -0.1) is 0 Å². The standard InChI is InChI=1S/C6H11Br/c1-2-3-4-5-6-7/h5-6H,2-4H2,1H3. The first-order chi connectivity index (χ1) is 3.41. The zero-order valence-corrected chi connectivity index (χ0v) is 6.24. The smallest absolute Gasteiger partial charge is 0.0229 e. The van der Waals surface area contributed by atoms with E-state index in [1.54, 1.807) is 0 Å². The van der Waals surface area contributed by atoms with Gasteiger partial charge in [0.05, 0.1) is 0 Å². The van der Waals surface area contributed by atoms with Gasteiger partial charge >= 0.3 is 0 Å². The van der Waals surface area contributed by atoms with E-state index in [1.165, 1.54) is 19.3 Å². The van der Waals surface area contributed by atoms with Crippen molar-refractivity contribution >= 4 is 15.9 Å². The van der Waals surface area contributed by atoms with E-state index in [0.717, 1.165) is 0 Å². The fraction of sp³-hybridized carbons (Fsp3) is 0.667. The summed E-state index contributed by atoms with van der Waals surface area (Å²) in [6.07, 6.45) is 5.94. The number of hydrogen-bond donors (Lipinski definition) is 0. The molecule has 1 heteroatoms. The van der Waals surface area contributed by atoms with E-state index < -0.39 is 0 Å². The maximum atomic E-state index is 3.20. The van der Waals surface area contributed by atoms with Crippen molar-refractivity contribution in [3.05, 3.63) is 11.1 Å². The van der Waals surface area contributed by atoms with Crippen LogP contribution in [0.15, 0.2) is 11.1 Å². The van der Waals surface area contributed by atoms with E-state index in [9.17, 15) is 0 Å². The SMILES string of the molecule is CCCCC=CBr. The molecule has 0 aliphatic heterocycles. The van der Waals surface area contributed by atoms with Gasteiger partial charge in [0.25, 0.3) is 0 Å². The molecule has 0 bridgehead atoms. The number of unbranched alkanes of at least 4 members (excludes halogenated alkanes) is 2. The van der Waals surface area contributed by atoms with Crippen LogP contribution in [0.5, 0.6) is 0 Å². The third-order valence-corrected chi connectivity index (χ3v) is 1.19. The molecule has 0 fully saturated rings. The zero-order chi connectivity index (χ0) is 5.54. The largest absolute Gasteiger partial charge is 0.0776 e. The van der Waals surface area contributed by atoms with Crippen LogP contribution in [0.1, 0.15) is 26.2 Å². The molecule has 0 atom stereocenters. The highest BCUT2D eigenvalue weighted by atomic mass is 79.9. The molecule has 0 unspecified atom stereocenters. The molecular formula is C6H11Br. The van der Waals surface area contributed by atoms with Crippen molar-refractivity contribution in [3.8, 4) is 0 Å². The number of rotatable bonds is 3. The van der Waals surface area contributed by atoms with E-state index in [1.807, 2.05) is 4.99 Å². The van der Waals surface area contributed by atoms with Crippen molar-refractivity contribution in [3.63, 3.8) is 0 Å². The van der Waals surface area contributed by atoms with Gasteiger partial charge in [-0.25, -0.2) is 0 Å². The van der Waals surface area contributed by atoms with Gasteiger partial charge in [-0.3, -0.25) is 0 Å². The molecule has 0 spiro atoms. The molecule has 0 aromatic heterocycles. The summed E-state index contributed by atoms with van der Waals surface area (Å²) in [5.74, 6) is 0. The van der Waals surface area contributed by atoms with E-state index in [0.29, 0.717) is 0 Å². The lowest BCUT2D eigenvalue weighted by Crippen LogP contribution is -1.62. The van der Waals surface area contributed by atoms with Crippen LogP contribution in [0.2, 0.25) is 0 Å². The molecule has 0 aromatic rings. The molecule has 42 valence electrons. The van der Waals surface area contributed by atoms with Crippen molar-refractivity contribution in [2.24, 2.45) is 0 Å². The monoisotopic (exact) mass is 162 g/mol. The highest BCUT2D eigenvalue weighted by Crippen LogP contribution is 1.95. The van der Waals surface area contributed by atoms with E-state index in [4.69, 9.17) is 0 Å². The fourth-order valence-electron chi connectivity index (χ4n) is 0.385. The zero-order valence-electron chi connectivity index (χ0n) is 4.65. The molecule has 7 heavy (non-hydrogen) atoms. The van der Waals surface area contributed by atoms with Gasteiger partial charge in [0, 0.05) is 0 Å². The first-order valence-corrected chi connectivity index (χ1v) is 3.58. The van der Waals surface area contributed by atoms with Crippen LogP contribution in [-0.2, 0) is 0 Å². The second-order valence-electron chi connectivity index (χ2n) is 1.50. The highest BCUT2D eigenvalue weighted by Gasteiger charge is 1.73. The van der Waals surface area contributed by atoms with Gasteiger partial charge in [0.2, 0.25) is 0 Å². The van der Waals surface area contributed by atoms with Crippen molar-refractivity contribution in [2.75, 3.05) is 0 Å². The summed E-state index contributed by atoms with van der Waals surface area (Å²) in [4.78, 5) is 1.92. The summed E-state index contributed by atoms with van der Waals surface area (Å²) < 4.78 is 0. The molecule has 0 aromatic carbocycles. The van der Waals surface area contributed by atoms with Gasteiger partial charge < -0.3 is 0 Å². The molecule has 0 N–H and O–H groups in total. The summed E-state index contributed by atoms with van der Waals surface area (Å²) in [7, 11) is 0. The molecule has 0 nitrogen and oxygen atoms in total. The maximum absolute atomic E-state index is 3.20. The Morgan fingerprint density at radius 2 is 2.29 bits per heavy atom. The Bertz CT molecular complexity index is 48.1. The van der Waals surface area contributed by atoms with Crippen LogP contribution >= 0.6 is 15.9 Å². The Morgan fingerprint density at radius 3 is 2.71 bits per heavy atom. The second-order valence-corrected chi connectivity index (χ2v) is 2.03. The third kappa shape index (κ3) is 6.22. The van der Waals surface area contributed by atoms with E-state index >= 15 is 0 Å². The average molecular weight is 163 g/mol. The third-order valence-electron chi connectivity index (χ3n) is 0.813. The molecule has 0 saturated carbocycles. The minimum absolute atomic E-state index is 1.21. The lowest BCUT2D eigenvalue weighted by Gasteiger charge is -1.83. The molecule has 0 radical (unpaired) electrons. The summed E-state index contributed by atoms with van der Waals surface area (Å²) in [6, 6.07) is 0. The quantitative estimate of drug-likeness (QED) is 0.560. The number of halogens is 1. The van der Waals surface area contributed by atoms with Gasteiger partial charge in [-0.05, 0) is 11.4 Å². The molecule has 0 rings (SSSR count). The minimum atomic E-state index is 1.21. The predicted molar refractivity (Wildman–Crippen MR) is 37.6 cm³/mol. The first kappa shape index (κ1) is 7.22. The summed E-state index contributed by atoms with van der Waals surface area (Å²) in [5.41, 5.74) is 0. The van der Waals surface area contributed by atoms with Gasteiger partial charge in [0.1, 0.15) is 0 Å². The summed E-state index contributed by atoms with van der Waals surface area (Å²) in [5, 5.41) is 0. The lowest BCUT2D eigenvalue weighted by molar-refractivity contribution is 0.815. The molecule has 0 saturated heterocycles. The Hall–Kier alpha value is 0.220. The Kier molecular flexibility index (Phi) is 6.42. The van der Waals surface area contributed by atoms with Crippen LogP contribution in [0.3, 0.4) is 0 Å². The van der Waals surface area contributed by atoms with Crippen LogP contribution in [-0.4, -0.2) is 0 Å². The van der Waals surface area contributed by atoms with Crippen LogP contribution in [0, 0.1) is 0 Å². The van der Waals surface area contributed by atoms with Crippen molar-refractivity contribution in [2.45, 2.75) is 26.2 Å². The molecule has 0 amide bonds. The summed E-state index contributed by atoms with van der Waals surface area (Å²) in [6.45, 7) is 2.20. The van der Waals surface area contributed by atoms with Crippen molar-refractivity contribution in [1.29, 1.82) is 0 Å². The Balaban J connectivity index is 2.69. The maximum Gasteiger partial charge on any atom is -0.0229 e. The van der Waals surface area contributed by atoms with Crippen LogP contribution in [0.4, 0.5) is 0 Å². The predicted octanol–water partition coefficient (Wildman–Crippen LogP) is 3.09. The molecule has 0 aliphatic carbocycles. The second kappa shape index (κ2) is 6.22. The Morgan fingerprint density at radius 1 is 1.57 bits per heavy atom. The molecular weight excluding hydrogens is 152 g/mol. The number of hydrogen-bond acceptors (Lipinski definition) is 0. The van der Waals surface area contributed by atoms with E-state index in [-0.39, 0.29) is 0 Å². The number of allylic oxidation sites excluding steroid dienone is 1. The van der Waals surface area contributed by atoms with E-state index in [2.05, 4.69) is 28.9 Å². The minimum Gasteiger partial charge on any atom is -0.0776 e. The first-order valence-electron chi connectivity index (χ1n) is 2.67. The van der Waals surface area contributed by atoms with Gasteiger partial charge in [-0.2, -0.15) is 0 Å². The highest BCUT2D eigenvalue weighted by molar-refractivity contribution is 9.11. The lowest BCUT2D eigenvalue weighted by atomic mass is 10.3. The Labute approximate surface area is 53.7 Å². The van der Waals surface area contributed by atoms with Crippen molar-refractivity contribution in [1.82, 2.24) is 0 Å².